The molecule has 0 radical (unpaired) electrons. The molecule has 3 heteroatoms. The molecule has 142 valence electrons. The van der Waals surface area contributed by atoms with E-state index in [-0.39, 0.29) is 0 Å². The number of carbonyl (C=O) groups is 1. The van der Waals surface area contributed by atoms with Crippen LogP contribution < -0.4 is 10.2 Å². The summed E-state index contributed by atoms with van der Waals surface area (Å²) in [4.78, 5) is 14.4. The van der Waals surface area contributed by atoms with E-state index in [9.17, 15) is 4.79 Å². The summed E-state index contributed by atoms with van der Waals surface area (Å²) in [6.45, 7) is 5.42. The van der Waals surface area contributed by atoms with Gasteiger partial charge in [0.1, 0.15) is 0 Å². The molecule has 2 atom stereocenters. The standard InChI is InChI=1S/C23H34N2O/c1-2-4-23(26)25-14-3-5-20-15-18(8-9-22(20)25)21-16-19(21)7-6-17-10-12-24-13-11-17/h8-9,15,17,19,21,24H,2-7,10-14,16H2,1H3. The quantitative estimate of drug-likeness (QED) is 0.806. The Hall–Kier alpha value is -1.35. The second-order valence-electron chi connectivity index (χ2n) is 8.66. The van der Waals surface area contributed by atoms with Crippen LogP contribution in [0, 0.1) is 11.8 Å². The van der Waals surface area contributed by atoms with Crippen LogP contribution >= 0.6 is 0 Å². The van der Waals surface area contributed by atoms with Crippen LogP contribution in [0.15, 0.2) is 18.2 Å². The summed E-state index contributed by atoms with van der Waals surface area (Å²) >= 11 is 0. The second-order valence-corrected chi connectivity index (χ2v) is 8.66. The van der Waals surface area contributed by atoms with E-state index < -0.39 is 0 Å². The maximum absolute atomic E-state index is 12.4. The van der Waals surface area contributed by atoms with Gasteiger partial charge in [0.2, 0.25) is 5.91 Å². The molecule has 2 fully saturated rings. The molecular weight excluding hydrogens is 320 g/mol. The Labute approximate surface area is 158 Å². The molecule has 2 unspecified atom stereocenters. The number of amides is 1. The summed E-state index contributed by atoms with van der Waals surface area (Å²) in [7, 11) is 0. The number of fused-ring (bicyclic) bond motifs is 1. The molecular formula is C23H34N2O. The lowest BCUT2D eigenvalue weighted by Gasteiger charge is -2.30. The van der Waals surface area contributed by atoms with Crippen LogP contribution in [0.1, 0.15) is 75.3 Å². The predicted molar refractivity (Wildman–Crippen MR) is 108 cm³/mol. The average molecular weight is 355 g/mol. The van der Waals surface area contributed by atoms with Gasteiger partial charge in [-0.2, -0.15) is 0 Å². The lowest BCUT2D eigenvalue weighted by atomic mass is 9.91. The third-order valence-corrected chi connectivity index (χ3v) is 6.74. The zero-order chi connectivity index (χ0) is 17.9. The molecule has 26 heavy (non-hydrogen) atoms. The molecule has 1 aromatic rings. The molecule has 0 spiro atoms. The van der Waals surface area contributed by atoms with E-state index in [0.29, 0.717) is 12.3 Å². The average Bonchev–Trinajstić information content (AvgIpc) is 3.46. The Balaban J connectivity index is 1.36. The lowest BCUT2D eigenvalue weighted by Crippen LogP contribution is -2.35. The highest BCUT2D eigenvalue weighted by atomic mass is 16.2. The molecule has 1 N–H and O–H groups in total. The van der Waals surface area contributed by atoms with Crippen LogP contribution in [-0.2, 0) is 11.2 Å². The first-order chi connectivity index (χ1) is 12.8. The topological polar surface area (TPSA) is 32.3 Å². The van der Waals surface area contributed by atoms with Crippen molar-refractivity contribution in [2.24, 2.45) is 11.8 Å². The smallest absolute Gasteiger partial charge is 0.226 e. The van der Waals surface area contributed by atoms with Gasteiger partial charge >= 0.3 is 0 Å². The Kier molecular flexibility index (Phi) is 5.63. The Bertz CT molecular complexity index is 635. The van der Waals surface area contributed by atoms with Gasteiger partial charge in [-0.05, 0) is 93.0 Å². The number of rotatable bonds is 6. The highest BCUT2D eigenvalue weighted by Crippen LogP contribution is 2.51. The van der Waals surface area contributed by atoms with E-state index in [1.165, 1.54) is 62.0 Å². The Morgan fingerprint density at radius 2 is 2.08 bits per heavy atom. The maximum Gasteiger partial charge on any atom is 0.226 e. The van der Waals surface area contributed by atoms with Crippen LogP contribution in [0.25, 0.3) is 0 Å². The monoisotopic (exact) mass is 354 g/mol. The summed E-state index contributed by atoms with van der Waals surface area (Å²) in [5.74, 6) is 2.94. The summed E-state index contributed by atoms with van der Waals surface area (Å²) in [5, 5.41) is 3.47. The van der Waals surface area contributed by atoms with E-state index in [1.807, 2.05) is 4.90 Å². The van der Waals surface area contributed by atoms with Gasteiger partial charge in [0.15, 0.2) is 0 Å². The normalized spacial score (nSPS) is 25.8. The number of aryl methyl sites for hydroxylation is 1. The number of carbonyl (C=O) groups excluding carboxylic acids is 1. The van der Waals surface area contributed by atoms with E-state index >= 15 is 0 Å². The molecule has 3 aliphatic rings. The number of hydrogen-bond acceptors (Lipinski definition) is 2. The SMILES string of the molecule is CCCC(=O)N1CCCc2cc(C3CC3CCC3CCNCC3)ccc21. The van der Waals surface area contributed by atoms with Crippen molar-refractivity contribution in [2.45, 2.75) is 70.6 Å². The Morgan fingerprint density at radius 3 is 2.88 bits per heavy atom. The molecule has 0 aromatic heterocycles. The van der Waals surface area contributed by atoms with E-state index in [1.54, 1.807) is 0 Å². The van der Waals surface area contributed by atoms with Crippen molar-refractivity contribution in [1.29, 1.82) is 0 Å². The third kappa shape index (κ3) is 3.98. The predicted octanol–water partition coefficient (Wildman–Crippen LogP) is 4.65. The van der Waals surface area contributed by atoms with Gasteiger partial charge in [-0.15, -0.1) is 0 Å². The van der Waals surface area contributed by atoms with Gasteiger partial charge in [-0.1, -0.05) is 25.5 Å². The van der Waals surface area contributed by atoms with Crippen LogP contribution in [0.5, 0.6) is 0 Å². The highest BCUT2D eigenvalue weighted by Gasteiger charge is 2.38. The fourth-order valence-electron chi connectivity index (χ4n) is 5.05. The molecule has 1 amide bonds. The number of benzene rings is 1. The molecule has 1 aliphatic carbocycles. The molecule has 3 nitrogen and oxygen atoms in total. The highest BCUT2D eigenvalue weighted by molar-refractivity contribution is 5.94. The van der Waals surface area contributed by atoms with Gasteiger partial charge < -0.3 is 10.2 Å². The van der Waals surface area contributed by atoms with E-state index in [0.717, 1.165) is 43.6 Å². The molecule has 2 aliphatic heterocycles. The van der Waals surface area contributed by atoms with Gasteiger partial charge in [0.05, 0.1) is 0 Å². The number of hydrogen-bond donors (Lipinski definition) is 1. The summed E-state index contributed by atoms with van der Waals surface area (Å²) in [6, 6.07) is 6.97. The number of piperidine rings is 1. The summed E-state index contributed by atoms with van der Waals surface area (Å²) in [6.07, 6.45) is 10.8. The third-order valence-electron chi connectivity index (χ3n) is 6.74. The van der Waals surface area contributed by atoms with Crippen molar-refractivity contribution in [2.75, 3.05) is 24.5 Å². The summed E-state index contributed by atoms with van der Waals surface area (Å²) < 4.78 is 0. The van der Waals surface area contributed by atoms with Gasteiger partial charge in [0.25, 0.3) is 0 Å². The van der Waals surface area contributed by atoms with Crippen LogP contribution in [0.4, 0.5) is 5.69 Å². The minimum Gasteiger partial charge on any atom is -0.317 e. The minimum atomic E-state index is 0.299. The fourth-order valence-corrected chi connectivity index (χ4v) is 5.05. The first-order valence-corrected chi connectivity index (χ1v) is 10.9. The van der Waals surface area contributed by atoms with Crippen LogP contribution in [0.2, 0.25) is 0 Å². The minimum absolute atomic E-state index is 0.299. The molecule has 1 aromatic carbocycles. The molecule has 1 saturated heterocycles. The summed E-state index contributed by atoms with van der Waals surface area (Å²) in [5.41, 5.74) is 4.12. The zero-order valence-corrected chi connectivity index (χ0v) is 16.3. The van der Waals surface area contributed by atoms with Crippen molar-refractivity contribution in [3.8, 4) is 0 Å². The molecule has 4 rings (SSSR count). The van der Waals surface area contributed by atoms with Gasteiger partial charge in [0, 0.05) is 18.7 Å². The van der Waals surface area contributed by atoms with Crippen molar-refractivity contribution in [1.82, 2.24) is 5.32 Å². The van der Waals surface area contributed by atoms with Crippen molar-refractivity contribution >= 4 is 11.6 Å². The molecule has 0 bridgehead atoms. The zero-order valence-electron chi connectivity index (χ0n) is 16.3. The van der Waals surface area contributed by atoms with Crippen LogP contribution in [0.3, 0.4) is 0 Å². The van der Waals surface area contributed by atoms with Crippen molar-refractivity contribution < 1.29 is 4.79 Å². The largest absolute Gasteiger partial charge is 0.317 e. The van der Waals surface area contributed by atoms with Crippen molar-refractivity contribution in [3.63, 3.8) is 0 Å². The second kappa shape index (κ2) is 8.12. The first kappa shape index (κ1) is 18.0. The van der Waals surface area contributed by atoms with Gasteiger partial charge in [-0.3, -0.25) is 4.79 Å². The lowest BCUT2D eigenvalue weighted by molar-refractivity contribution is -0.118. The molecule has 2 heterocycles. The molecule has 1 saturated carbocycles. The van der Waals surface area contributed by atoms with E-state index in [4.69, 9.17) is 0 Å². The van der Waals surface area contributed by atoms with Gasteiger partial charge in [-0.25, -0.2) is 0 Å². The first-order valence-electron chi connectivity index (χ1n) is 10.9. The number of nitrogens with zero attached hydrogens (tertiary/aromatic N) is 1. The Morgan fingerprint density at radius 1 is 1.23 bits per heavy atom. The van der Waals surface area contributed by atoms with Crippen molar-refractivity contribution in [3.05, 3.63) is 29.3 Å². The number of nitrogens with one attached hydrogen (secondary N) is 1. The fraction of sp³-hybridized carbons (Fsp3) is 0.696. The maximum atomic E-state index is 12.4. The number of anilines is 1. The van der Waals surface area contributed by atoms with E-state index in [2.05, 4.69) is 30.4 Å². The van der Waals surface area contributed by atoms with Crippen LogP contribution in [-0.4, -0.2) is 25.5 Å².